The molecule has 4 rings (SSSR count). The summed E-state index contributed by atoms with van der Waals surface area (Å²) < 4.78 is 5.08. The standard InChI is InChI=1S/C18H27N5OS/c1-13-19-17(21-24-13)11-22(2)14-5-4-9-23(10-8-14)12-18-20-15-6-3-7-16(15)25-18/h14H,3-12H2,1-2H3/t14-/m1/s1. The first-order chi connectivity index (χ1) is 12.2. The van der Waals surface area contributed by atoms with Crippen LogP contribution in [-0.2, 0) is 25.9 Å². The molecule has 0 aromatic carbocycles. The summed E-state index contributed by atoms with van der Waals surface area (Å²) in [5.41, 5.74) is 1.38. The molecular formula is C18H27N5OS. The van der Waals surface area contributed by atoms with Crippen LogP contribution in [-0.4, -0.2) is 51.1 Å². The number of rotatable bonds is 5. The number of hydrogen-bond acceptors (Lipinski definition) is 7. The van der Waals surface area contributed by atoms with Gasteiger partial charge in [-0.3, -0.25) is 9.80 Å². The van der Waals surface area contributed by atoms with E-state index in [0.29, 0.717) is 11.9 Å². The zero-order valence-corrected chi connectivity index (χ0v) is 16.0. The quantitative estimate of drug-likeness (QED) is 0.816. The van der Waals surface area contributed by atoms with Crippen LogP contribution in [0.4, 0.5) is 0 Å². The van der Waals surface area contributed by atoms with E-state index < -0.39 is 0 Å². The van der Waals surface area contributed by atoms with Crippen LogP contribution in [0.5, 0.6) is 0 Å². The van der Waals surface area contributed by atoms with Gasteiger partial charge in [-0.25, -0.2) is 4.98 Å². The van der Waals surface area contributed by atoms with Gasteiger partial charge in [0.15, 0.2) is 5.82 Å². The van der Waals surface area contributed by atoms with Gasteiger partial charge in [-0.1, -0.05) is 5.16 Å². The molecule has 0 spiro atoms. The number of thiazole rings is 1. The Bertz CT molecular complexity index is 691. The molecule has 2 aromatic rings. The molecule has 0 radical (unpaired) electrons. The largest absolute Gasteiger partial charge is 0.340 e. The van der Waals surface area contributed by atoms with Crippen molar-refractivity contribution in [3.05, 3.63) is 27.3 Å². The molecule has 25 heavy (non-hydrogen) atoms. The van der Waals surface area contributed by atoms with Crippen molar-refractivity contribution in [3.8, 4) is 0 Å². The highest BCUT2D eigenvalue weighted by molar-refractivity contribution is 7.11. The van der Waals surface area contributed by atoms with Crippen molar-refractivity contribution >= 4 is 11.3 Å². The highest BCUT2D eigenvalue weighted by atomic mass is 32.1. The lowest BCUT2D eigenvalue weighted by atomic mass is 10.1. The van der Waals surface area contributed by atoms with Crippen LogP contribution < -0.4 is 0 Å². The van der Waals surface area contributed by atoms with Gasteiger partial charge in [0.2, 0.25) is 5.89 Å². The molecule has 0 bridgehead atoms. The summed E-state index contributed by atoms with van der Waals surface area (Å²) in [6.07, 6.45) is 7.40. The second-order valence-corrected chi connectivity index (χ2v) is 8.50. The predicted octanol–water partition coefficient (Wildman–Crippen LogP) is 2.81. The van der Waals surface area contributed by atoms with Crippen molar-refractivity contribution in [2.45, 2.75) is 64.6 Å². The first-order valence-corrected chi connectivity index (χ1v) is 10.2. The zero-order valence-electron chi connectivity index (χ0n) is 15.2. The van der Waals surface area contributed by atoms with E-state index in [9.17, 15) is 0 Å². The molecule has 0 unspecified atom stereocenters. The number of aryl methyl sites for hydroxylation is 3. The summed E-state index contributed by atoms with van der Waals surface area (Å²) in [6, 6.07) is 0.588. The molecule has 1 aliphatic carbocycles. The highest BCUT2D eigenvalue weighted by Gasteiger charge is 2.23. The van der Waals surface area contributed by atoms with Gasteiger partial charge in [-0.2, -0.15) is 4.98 Å². The molecule has 1 atom stereocenters. The maximum Gasteiger partial charge on any atom is 0.223 e. The molecule has 2 aliphatic rings. The molecular weight excluding hydrogens is 334 g/mol. The second-order valence-electron chi connectivity index (χ2n) is 7.34. The topological polar surface area (TPSA) is 58.3 Å². The minimum absolute atomic E-state index is 0.588. The summed E-state index contributed by atoms with van der Waals surface area (Å²) in [4.78, 5) is 15.7. The van der Waals surface area contributed by atoms with Crippen molar-refractivity contribution < 1.29 is 4.52 Å². The van der Waals surface area contributed by atoms with Gasteiger partial charge in [0, 0.05) is 24.4 Å². The molecule has 3 heterocycles. The van der Waals surface area contributed by atoms with Gasteiger partial charge < -0.3 is 4.52 Å². The minimum Gasteiger partial charge on any atom is -0.340 e. The molecule has 0 N–H and O–H groups in total. The first kappa shape index (κ1) is 17.1. The maximum absolute atomic E-state index is 5.08. The van der Waals surface area contributed by atoms with E-state index in [2.05, 4.69) is 27.0 Å². The van der Waals surface area contributed by atoms with Crippen LogP contribution in [0.15, 0.2) is 4.52 Å². The van der Waals surface area contributed by atoms with Gasteiger partial charge in [-0.05, 0) is 52.1 Å². The molecule has 1 aliphatic heterocycles. The van der Waals surface area contributed by atoms with Gasteiger partial charge in [0.1, 0.15) is 5.01 Å². The summed E-state index contributed by atoms with van der Waals surface area (Å²) in [7, 11) is 2.18. The number of aromatic nitrogens is 3. The Kier molecular flexibility index (Phi) is 5.15. The average Bonchev–Trinajstić information content (AvgIpc) is 3.21. The molecule has 0 amide bonds. The molecule has 7 heteroatoms. The van der Waals surface area contributed by atoms with E-state index in [1.807, 2.05) is 18.3 Å². The summed E-state index contributed by atoms with van der Waals surface area (Å²) in [6.45, 7) is 5.95. The monoisotopic (exact) mass is 361 g/mol. The first-order valence-electron chi connectivity index (χ1n) is 9.36. The summed E-state index contributed by atoms with van der Waals surface area (Å²) in [5.74, 6) is 1.43. The maximum atomic E-state index is 5.08. The molecule has 136 valence electrons. The van der Waals surface area contributed by atoms with Crippen LogP contribution >= 0.6 is 11.3 Å². The SMILES string of the molecule is Cc1nc(CN(C)[C@@H]2CCCN(Cc3nc4c(s3)CCC4)CC2)no1. The Hall–Kier alpha value is -1.31. The summed E-state index contributed by atoms with van der Waals surface area (Å²) >= 11 is 1.94. The molecule has 6 nitrogen and oxygen atoms in total. The van der Waals surface area contributed by atoms with E-state index in [1.165, 1.54) is 60.6 Å². The lowest BCUT2D eigenvalue weighted by Gasteiger charge is -2.26. The number of hydrogen-bond donors (Lipinski definition) is 0. The third-order valence-electron chi connectivity index (χ3n) is 5.37. The molecule has 1 fully saturated rings. The third kappa shape index (κ3) is 4.10. The smallest absolute Gasteiger partial charge is 0.223 e. The third-order valence-corrected chi connectivity index (χ3v) is 6.52. The van der Waals surface area contributed by atoms with Crippen LogP contribution in [0.25, 0.3) is 0 Å². The fraction of sp³-hybridized carbons (Fsp3) is 0.722. The fourth-order valence-corrected chi connectivity index (χ4v) is 5.20. The van der Waals surface area contributed by atoms with E-state index >= 15 is 0 Å². The van der Waals surface area contributed by atoms with E-state index in [1.54, 1.807) is 0 Å². The van der Waals surface area contributed by atoms with Crippen molar-refractivity contribution in [3.63, 3.8) is 0 Å². The van der Waals surface area contributed by atoms with E-state index in [-0.39, 0.29) is 0 Å². The van der Waals surface area contributed by atoms with Gasteiger partial charge in [0.05, 0.1) is 18.8 Å². The molecule has 0 saturated carbocycles. The average molecular weight is 362 g/mol. The van der Waals surface area contributed by atoms with Crippen LogP contribution in [0.3, 0.4) is 0 Å². The van der Waals surface area contributed by atoms with Crippen molar-refractivity contribution in [1.82, 2.24) is 24.9 Å². The number of likely N-dealkylation sites (tertiary alicyclic amines) is 1. The lowest BCUT2D eigenvalue weighted by Crippen LogP contribution is -2.33. The Morgan fingerprint density at radius 2 is 2.12 bits per heavy atom. The Balaban J connectivity index is 1.30. The lowest BCUT2D eigenvalue weighted by molar-refractivity contribution is 0.200. The normalized spacial score (nSPS) is 21.6. The highest BCUT2D eigenvalue weighted by Crippen LogP contribution is 2.28. The molecule has 1 saturated heterocycles. The van der Waals surface area contributed by atoms with Gasteiger partial charge >= 0.3 is 0 Å². The Morgan fingerprint density at radius 1 is 1.20 bits per heavy atom. The zero-order chi connectivity index (χ0) is 17.2. The van der Waals surface area contributed by atoms with Crippen LogP contribution in [0, 0.1) is 6.92 Å². The number of fused-ring (bicyclic) bond motifs is 1. The Morgan fingerprint density at radius 3 is 2.92 bits per heavy atom. The molecule has 2 aromatic heterocycles. The van der Waals surface area contributed by atoms with Gasteiger partial charge in [-0.15, -0.1) is 11.3 Å². The summed E-state index contributed by atoms with van der Waals surface area (Å²) in [5, 5.41) is 5.34. The van der Waals surface area contributed by atoms with E-state index in [4.69, 9.17) is 9.51 Å². The predicted molar refractivity (Wildman–Crippen MR) is 97.6 cm³/mol. The van der Waals surface area contributed by atoms with E-state index in [0.717, 1.165) is 25.5 Å². The number of nitrogens with zero attached hydrogens (tertiary/aromatic N) is 5. The Labute approximate surface area is 153 Å². The fourth-order valence-electron chi connectivity index (χ4n) is 4.00. The van der Waals surface area contributed by atoms with Crippen molar-refractivity contribution in [2.75, 3.05) is 20.1 Å². The minimum atomic E-state index is 0.588. The van der Waals surface area contributed by atoms with Crippen LogP contribution in [0.2, 0.25) is 0 Å². The van der Waals surface area contributed by atoms with Crippen molar-refractivity contribution in [1.29, 1.82) is 0 Å². The van der Waals surface area contributed by atoms with Crippen molar-refractivity contribution in [2.24, 2.45) is 0 Å². The second kappa shape index (κ2) is 7.51. The van der Waals surface area contributed by atoms with Crippen LogP contribution in [0.1, 0.15) is 53.0 Å². The van der Waals surface area contributed by atoms with Gasteiger partial charge in [0.25, 0.3) is 0 Å².